The zero-order chi connectivity index (χ0) is 18.7. The van der Waals surface area contributed by atoms with Gasteiger partial charge in [-0.2, -0.15) is 10.2 Å². The molecule has 0 atom stereocenters. The molecule has 0 saturated carbocycles. The number of benzene rings is 1. The van der Waals surface area contributed by atoms with Gasteiger partial charge in [0.15, 0.2) is 0 Å². The predicted molar refractivity (Wildman–Crippen MR) is 94.8 cm³/mol. The molecule has 0 bridgehead atoms. The number of nitro groups is 1. The Morgan fingerprint density at radius 1 is 1.27 bits per heavy atom. The van der Waals surface area contributed by atoms with Crippen molar-refractivity contribution in [2.75, 3.05) is 5.32 Å². The van der Waals surface area contributed by atoms with Gasteiger partial charge < -0.3 is 5.32 Å². The van der Waals surface area contributed by atoms with Gasteiger partial charge in [0, 0.05) is 6.20 Å². The molecular weight excluding hydrogens is 336 g/mol. The lowest BCUT2D eigenvalue weighted by Gasteiger charge is -2.04. The zero-order valence-electron chi connectivity index (χ0n) is 14.4. The molecule has 0 aliphatic carbocycles. The van der Waals surface area contributed by atoms with E-state index < -0.39 is 4.92 Å². The second-order valence-corrected chi connectivity index (χ2v) is 5.89. The van der Waals surface area contributed by atoms with Gasteiger partial charge in [0.2, 0.25) is 5.91 Å². The lowest BCUT2D eigenvalue weighted by Crippen LogP contribution is -2.20. The van der Waals surface area contributed by atoms with E-state index in [1.807, 2.05) is 30.3 Å². The number of aromatic nitrogens is 4. The van der Waals surface area contributed by atoms with Gasteiger partial charge in [0.05, 0.1) is 23.4 Å². The van der Waals surface area contributed by atoms with Gasteiger partial charge in [0.25, 0.3) is 0 Å². The molecule has 26 heavy (non-hydrogen) atoms. The molecule has 9 nitrogen and oxygen atoms in total. The maximum atomic E-state index is 12.2. The summed E-state index contributed by atoms with van der Waals surface area (Å²) in [6.07, 6.45) is 3.29. The highest BCUT2D eigenvalue weighted by molar-refractivity contribution is 5.90. The first-order valence-electron chi connectivity index (χ1n) is 7.98. The quantitative estimate of drug-likeness (QED) is 0.540. The first-order valence-corrected chi connectivity index (χ1v) is 7.98. The van der Waals surface area contributed by atoms with Gasteiger partial charge in [-0.1, -0.05) is 30.3 Å². The second-order valence-electron chi connectivity index (χ2n) is 5.89. The molecule has 0 unspecified atom stereocenters. The van der Waals surface area contributed by atoms with Crippen LogP contribution in [-0.2, 0) is 17.9 Å². The molecule has 2 heterocycles. The number of hydrogen-bond donors (Lipinski definition) is 1. The van der Waals surface area contributed by atoms with Crippen molar-refractivity contribution in [3.05, 3.63) is 69.8 Å². The van der Waals surface area contributed by atoms with Crippen LogP contribution in [0, 0.1) is 24.0 Å². The first kappa shape index (κ1) is 17.3. The van der Waals surface area contributed by atoms with E-state index in [2.05, 4.69) is 15.5 Å². The van der Waals surface area contributed by atoms with Crippen LogP contribution in [0.4, 0.5) is 11.4 Å². The summed E-state index contributed by atoms with van der Waals surface area (Å²) >= 11 is 0. The van der Waals surface area contributed by atoms with Crippen molar-refractivity contribution in [3.63, 3.8) is 0 Å². The van der Waals surface area contributed by atoms with Gasteiger partial charge in [-0.15, -0.1) is 0 Å². The molecule has 0 radical (unpaired) electrons. The number of nitrogens with zero attached hydrogens (tertiary/aromatic N) is 5. The van der Waals surface area contributed by atoms with Crippen molar-refractivity contribution >= 4 is 17.3 Å². The molecule has 134 valence electrons. The van der Waals surface area contributed by atoms with E-state index in [1.54, 1.807) is 30.9 Å². The van der Waals surface area contributed by atoms with E-state index in [1.165, 1.54) is 4.68 Å². The van der Waals surface area contributed by atoms with Gasteiger partial charge in [-0.3, -0.25) is 24.3 Å². The number of carbonyl (C=O) groups is 1. The largest absolute Gasteiger partial charge is 0.322 e. The van der Waals surface area contributed by atoms with E-state index >= 15 is 0 Å². The number of hydrogen-bond acceptors (Lipinski definition) is 5. The third-order valence-corrected chi connectivity index (χ3v) is 3.92. The number of aryl methyl sites for hydroxylation is 1. The summed E-state index contributed by atoms with van der Waals surface area (Å²) < 4.78 is 3.05. The molecular formula is C17H18N6O3. The Morgan fingerprint density at radius 2 is 2.00 bits per heavy atom. The van der Waals surface area contributed by atoms with E-state index in [9.17, 15) is 14.9 Å². The monoisotopic (exact) mass is 354 g/mol. The summed E-state index contributed by atoms with van der Waals surface area (Å²) in [7, 11) is 0. The Labute approximate surface area is 149 Å². The Bertz CT molecular complexity index is 945. The van der Waals surface area contributed by atoms with Gasteiger partial charge in [-0.25, -0.2) is 0 Å². The van der Waals surface area contributed by atoms with Gasteiger partial charge in [0.1, 0.15) is 17.9 Å². The Balaban J connectivity index is 1.64. The van der Waals surface area contributed by atoms with Crippen LogP contribution in [0.25, 0.3) is 0 Å². The van der Waals surface area contributed by atoms with Crippen LogP contribution in [0.3, 0.4) is 0 Å². The zero-order valence-corrected chi connectivity index (χ0v) is 14.4. The van der Waals surface area contributed by atoms with Crippen LogP contribution in [0.1, 0.15) is 17.0 Å². The minimum atomic E-state index is -0.486. The number of carbonyl (C=O) groups excluding carboxylic acids is 1. The summed E-state index contributed by atoms with van der Waals surface area (Å²) in [5.41, 5.74) is 2.23. The maximum absolute atomic E-state index is 12.2. The van der Waals surface area contributed by atoms with Gasteiger partial charge in [-0.05, 0) is 19.4 Å². The van der Waals surface area contributed by atoms with Crippen LogP contribution in [-0.4, -0.2) is 30.4 Å². The van der Waals surface area contributed by atoms with Crippen LogP contribution in [0.5, 0.6) is 0 Å². The molecule has 3 aromatic rings. The average Bonchev–Trinajstić information content (AvgIpc) is 3.12. The Kier molecular flexibility index (Phi) is 4.78. The van der Waals surface area contributed by atoms with Crippen LogP contribution >= 0.6 is 0 Å². The second kappa shape index (κ2) is 7.18. The SMILES string of the molecule is Cc1nn(CC(=O)Nc2cnn(Cc3ccccc3)c2)c(C)c1[N+](=O)[O-]. The van der Waals surface area contributed by atoms with Crippen molar-refractivity contribution in [2.45, 2.75) is 26.9 Å². The van der Waals surface area contributed by atoms with Crippen molar-refractivity contribution in [2.24, 2.45) is 0 Å². The molecule has 9 heteroatoms. The lowest BCUT2D eigenvalue weighted by molar-refractivity contribution is -0.386. The normalized spacial score (nSPS) is 10.7. The number of rotatable bonds is 6. The molecule has 0 aliphatic heterocycles. The van der Waals surface area contributed by atoms with Crippen molar-refractivity contribution in [1.29, 1.82) is 0 Å². The van der Waals surface area contributed by atoms with Gasteiger partial charge >= 0.3 is 5.69 Å². The number of anilines is 1. The molecule has 0 fully saturated rings. The molecule has 1 aromatic carbocycles. The highest BCUT2D eigenvalue weighted by atomic mass is 16.6. The molecule has 1 N–H and O–H groups in total. The third-order valence-electron chi connectivity index (χ3n) is 3.92. The molecule has 3 rings (SSSR count). The summed E-state index contributed by atoms with van der Waals surface area (Å²) in [5.74, 6) is -0.329. The summed E-state index contributed by atoms with van der Waals surface area (Å²) in [6, 6.07) is 9.84. The minimum absolute atomic E-state index is 0.0616. The summed E-state index contributed by atoms with van der Waals surface area (Å²) in [5, 5.41) is 22.0. The molecule has 1 amide bonds. The molecule has 2 aromatic heterocycles. The smallest absolute Gasteiger partial charge is 0.312 e. The summed E-state index contributed by atoms with van der Waals surface area (Å²) in [6.45, 7) is 3.61. The molecule has 0 spiro atoms. The standard InChI is InChI=1S/C17H18N6O3/c1-12-17(23(25)26)13(2)22(20-12)11-16(24)19-15-8-18-21(10-15)9-14-6-4-3-5-7-14/h3-8,10H,9,11H2,1-2H3,(H,19,24). The number of nitrogens with one attached hydrogen (secondary N) is 1. The van der Waals surface area contributed by atoms with Crippen LogP contribution in [0.15, 0.2) is 42.7 Å². The minimum Gasteiger partial charge on any atom is -0.322 e. The highest BCUT2D eigenvalue weighted by Crippen LogP contribution is 2.21. The Hall–Kier alpha value is -3.49. The van der Waals surface area contributed by atoms with E-state index in [4.69, 9.17) is 0 Å². The summed E-state index contributed by atoms with van der Waals surface area (Å²) in [4.78, 5) is 22.8. The topological polar surface area (TPSA) is 108 Å². The van der Waals surface area contributed by atoms with E-state index in [0.717, 1.165) is 5.56 Å². The average molecular weight is 354 g/mol. The fourth-order valence-electron chi connectivity index (χ4n) is 2.73. The fraction of sp³-hybridized carbons (Fsp3) is 0.235. The third kappa shape index (κ3) is 3.77. The van der Waals surface area contributed by atoms with Crippen molar-refractivity contribution < 1.29 is 9.72 Å². The number of amides is 1. The lowest BCUT2D eigenvalue weighted by atomic mass is 10.2. The molecule has 0 saturated heterocycles. The van der Waals surface area contributed by atoms with Crippen molar-refractivity contribution in [3.8, 4) is 0 Å². The maximum Gasteiger partial charge on any atom is 0.312 e. The van der Waals surface area contributed by atoms with Crippen molar-refractivity contribution in [1.82, 2.24) is 19.6 Å². The predicted octanol–water partition coefficient (Wildman–Crippen LogP) is 2.29. The first-order chi connectivity index (χ1) is 12.4. The van der Waals surface area contributed by atoms with Crippen LogP contribution < -0.4 is 5.32 Å². The van der Waals surface area contributed by atoms with E-state index in [0.29, 0.717) is 17.9 Å². The van der Waals surface area contributed by atoms with Crippen LogP contribution in [0.2, 0.25) is 0 Å². The highest BCUT2D eigenvalue weighted by Gasteiger charge is 2.22. The fourth-order valence-corrected chi connectivity index (χ4v) is 2.73. The molecule has 0 aliphatic rings. The Morgan fingerprint density at radius 3 is 2.65 bits per heavy atom. The van der Waals surface area contributed by atoms with E-state index in [-0.39, 0.29) is 23.8 Å².